The highest BCUT2D eigenvalue weighted by Crippen LogP contribution is 2.28. The van der Waals surface area contributed by atoms with Gasteiger partial charge in [-0.3, -0.25) is 4.79 Å². The number of H-pyrrole nitrogens is 1. The molecule has 2 aromatic heterocycles. The zero-order valence-corrected chi connectivity index (χ0v) is 15.2. The predicted molar refractivity (Wildman–Crippen MR) is 105 cm³/mol. The Labute approximate surface area is 160 Å². The molecule has 2 aromatic carbocycles. The number of benzene rings is 2. The Morgan fingerprint density at radius 1 is 1.14 bits per heavy atom. The molecular weight excluding hydrogens is 356 g/mol. The van der Waals surface area contributed by atoms with Gasteiger partial charge in [0.15, 0.2) is 5.69 Å². The van der Waals surface area contributed by atoms with E-state index >= 15 is 0 Å². The van der Waals surface area contributed by atoms with Crippen molar-refractivity contribution in [3.05, 3.63) is 71.2 Å². The van der Waals surface area contributed by atoms with Gasteiger partial charge in [-0.25, -0.2) is 5.21 Å². The maximum Gasteiger partial charge on any atom is 0.242 e. The number of hydrogen-bond acceptors (Lipinski definition) is 3. The quantitative estimate of drug-likeness (QED) is 0.479. The minimum Gasteiger partial charge on any atom is -0.595 e. The fraction of sp³-hybridized carbons (Fsp3) is 0.190. The Hall–Kier alpha value is -3.13. The van der Waals surface area contributed by atoms with Crippen molar-refractivity contribution in [3.63, 3.8) is 0 Å². The molecule has 0 radical (unpaired) electrons. The van der Waals surface area contributed by atoms with Gasteiger partial charge in [-0.05, 0) is 18.2 Å². The average Bonchev–Trinajstić information content (AvgIpc) is 3.28. The third-order valence-electron chi connectivity index (χ3n) is 5.59. The summed E-state index contributed by atoms with van der Waals surface area (Å²) in [6.45, 7) is 1.47. The Morgan fingerprint density at radius 3 is 2.86 bits per heavy atom. The lowest BCUT2D eigenvalue weighted by molar-refractivity contribution is -0.990. The number of carbonyl (C=O) groups is 1. The summed E-state index contributed by atoms with van der Waals surface area (Å²) in [5.41, 5.74) is 4.53. The summed E-state index contributed by atoms with van der Waals surface area (Å²) >= 11 is 0. The molecule has 1 amide bonds. The van der Waals surface area contributed by atoms with Crippen LogP contribution in [0.4, 0.5) is 5.69 Å². The van der Waals surface area contributed by atoms with Crippen LogP contribution in [0.5, 0.6) is 0 Å². The van der Waals surface area contributed by atoms with Crippen molar-refractivity contribution < 1.29 is 15.2 Å². The highest BCUT2D eigenvalue weighted by atomic mass is 16.8. The lowest BCUT2D eigenvalue weighted by atomic mass is 10.0. The number of nitrogens with one attached hydrogen (secondary N) is 2. The van der Waals surface area contributed by atoms with E-state index in [2.05, 4.69) is 17.1 Å². The average molecular weight is 376 g/mol. The zero-order chi connectivity index (χ0) is 19.3. The van der Waals surface area contributed by atoms with Crippen molar-refractivity contribution in [2.45, 2.75) is 19.5 Å². The Balaban J connectivity index is 1.41. The number of quaternary nitrogens is 1. The van der Waals surface area contributed by atoms with E-state index in [-0.39, 0.29) is 18.1 Å². The topological polar surface area (TPSA) is 88.8 Å². The number of rotatable bonds is 3. The molecule has 0 saturated heterocycles. The van der Waals surface area contributed by atoms with Crippen LogP contribution < -0.4 is 5.23 Å². The summed E-state index contributed by atoms with van der Waals surface area (Å²) in [6, 6.07) is 15.1. The van der Waals surface area contributed by atoms with E-state index in [0.717, 1.165) is 17.5 Å². The van der Waals surface area contributed by atoms with E-state index in [1.807, 2.05) is 27.7 Å². The van der Waals surface area contributed by atoms with Crippen LogP contribution in [0.1, 0.15) is 11.3 Å². The van der Waals surface area contributed by atoms with E-state index in [4.69, 9.17) is 0 Å². The van der Waals surface area contributed by atoms with E-state index in [1.165, 1.54) is 16.6 Å². The summed E-state index contributed by atoms with van der Waals surface area (Å²) in [7, 11) is 0. The summed E-state index contributed by atoms with van der Waals surface area (Å²) in [5, 5.41) is 21.6. The van der Waals surface area contributed by atoms with Gasteiger partial charge in [0.1, 0.15) is 6.54 Å². The van der Waals surface area contributed by atoms with Crippen LogP contribution >= 0.6 is 0 Å². The van der Waals surface area contributed by atoms with Gasteiger partial charge < -0.3 is 19.7 Å². The molecule has 5 rings (SSSR count). The second kappa shape index (κ2) is 6.49. The van der Waals surface area contributed by atoms with Crippen LogP contribution in [0.25, 0.3) is 21.8 Å². The summed E-state index contributed by atoms with van der Waals surface area (Å²) < 4.78 is 1.83. The van der Waals surface area contributed by atoms with Gasteiger partial charge in [0.25, 0.3) is 0 Å². The first-order chi connectivity index (χ1) is 13.6. The van der Waals surface area contributed by atoms with E-state index in [0.29, 0.717) is 18.5 Å². The second-order valence-corrected chi connectivity index (χ2v) is 7.18. The number of aromatic nitrogens is 2. The first kappa shape index (κ1) is 17.0. The molecule has 7 nitrogen and oxygen atoms in total. The van der Waals surface area contributed by atoms with Crippen LogP contribution in [-0.2, 0) is 24.3 Å². The Morgan fingerprint density at radius 2 is 2.00 bits per heavy atom. The lowest BCUT2D eigenvalue weighted by Gasteiger charge is -2.27. The van der Waals surface area contributed by atoms with Crippen molar-refractivity contribution >= 4 is 33.4 Å². The van der Waals surface area contributed by atoms with Gasteiger partial charge in [0.2, 0.25) is 5.91 Å². The third-order valence-corrected chi connectivity index (χ3v) is 5.59. The van der Waals surface area contributed by atoms with Gasteiger partial charge >= 0.3 is 0 Å². The molecular formula is C21H20N4O3. The number of nitrogens with zero attached hydrogens (tertiary/aromatic N) is 2. The first-order valence-corrected chi connectivity index (χ1v) is 9.29. The number of para-hydroxylation sites is 1. The maximum atomic E-state index is 13.0. The molecule has 0 spiro atoms. The molecule has 3 N–H and O–H groups in total. The monoisotopic (exact) mass is 376 g/mol. The summed E-state index contributed by atoms with van der Waals surface area (Å²) in [4.78, 5) is 18.3. The Bertz CT molecular complexity index is 1190. The standard InChI is InChI=1S/C21H20N4O3/c26-21(13-23-10-8-15-19(23)6-3-7-20(15)25(27)28)24-11-9-18-16(12-24)14-4-1-2-5-17(14)22-18/h1-8,10,22,25,27H,9,11-13H2. The van der Waals surface area contributed by atoms with Gasteiger partial charge in [-0.1, -0.05) is 24.3 Å². The summed E-state index contributed by atoms with van der Waals surface area (Å²) in [6.07, 6.45) is 2.60. The molecule has 28 heavy (non-hydrogen) atoms. The smallest absolute Gasteiger partial charge is 0.242 e. The van der Waals surface area contributed by atoms with Crippen LogP contribution in [0.2, 0.25) is 0 Å². The largest absolute Gasteiger partial charge is 0.595 e. The van der Waals surface area contributed by atoms with Gasteiger partial charge in [-0.15, -0.1) is 0 Å². The minimum absolute atomic E-state index is 0.0363. The van der Waals surface area contributed by atoms with E-state index < -0.39 is 5.23 Å². The molecule has 0 fully saturated rings. The van der Waals surface area contributed by atoms with Crippen LogP contribution in [0.3, 0.4) is 0 Å². The van der Waals surface area contributed by atoms with Crippen molar-refractivity contribution in [2.75, 3.05) is 6.54 Å². The normalized spacial score (nSPS) is 15.1. The van der Waals surface area contributed by atoms with E-state index in [9.17, 15) is 15.2 Å². The number of hydrogen-bond donors (Lipinski definition) is 3. The SMILES string of the molecule is O=C(Cn1ccc2c([NH+]([O-])O)cccc21)N1CCc2[nH]c3ccccc3c2C1. The van der Waals surface area contributed by atoms with Crippen LogP contribution in [-0.4, -0.2) is 32.1 Å². The fourth-order valence-corrected chi connectivity index (χ4v) is 4.17. The van der Waals surface area contributed by atoms with Crippen LogP contribution in [0.15, 0.2) is 54.7 Å². The van der Waals surface area contributed by atoms with Crippen molar-refractivity contribution in [2.24, 2.45) is 0 Å². The number of carbonyl (C=O) groups excluding carboxylic acids is 1. The molecule has 0 saturated carbocycles. The molecule has 1 atom stereocenters. The van der Waals surface area contributed by atoms with Crippen molar-refractivity contribution in [1.82, 2.24) is 14.5 Å². The second-order valence-electron chi connectivity index (χ2n) is 7.18. The fourth-order valence-electron chi connectivity index (χ4n) is 4.17. The van der Waals surface area contributed by atoms with Gasteiger partial charge in [0, 0.05) is 53.9 Å². The molecule has 7 heteroatoms. The Kier molecular flexibility index (Phi) is 3.94. The lowest BCUT2D eigenvalue weighted by Crippen LogP contribution is -2.99. The third kappa shape index (κ3) is 2.68. The van der Waals surface area contributed by atoms with Crippen LogP contribution in [0, 0.1) is 5.21 Å². The predicted octanol–water partition coefficient (Wildman–Crippen LogP) is 2.11. The summed E-state index contributed by atoms with van der Waals surface area (Å²) in [5.74, 6) is 0.0363. The van der Waals surface area contributed by atoms with Crippen molar-refractivity contribution in [1.29, 1.82) is 0 Å². The van der Waals surface area contributed by atoms with E-state index in [1.54, 1.807) is 24.4 Å². The zero-order valence-electron chi connectivity index (χ0n) is 15.2. The number of amides is 1. The molecule has 0 bridgehead atoms. The molecule has 1 aliphatic rings. The highest BCUT2D eigenvalue weighted by molar-refractivity contribution is 5.90. The van der Waals surface area contributed by atoms with Crippen molar-refractivity contribution in [3.8, 4) is 0 Å². The molecule has 3 heterocycles. The van der Waals surface area contributed by atoms with Gasteiger partial charge in [-0.2, -0.15) is 5.23 Å². The van der Waals surface area contributed by atoms with Gasteiger partial charge in [0.05, 0.1) is 10.9 Å². The minimum atomic E-state index is -0.961. The molecule has 0 aliphatic carbocycles. The number of aromatic amines is 1. The first-order valence-electron chi connectivity index (χ1n) is 9.29. The maximum absolute atomic E-state index is 13.0. The highest BCUT2D eigenvalue weighted by Gasteiger charge is 2.24. The molecule has 1 unspecified atom stereocenters. The molecule has 142 valence electrons. The molecule has 4 aromatic rings. The molecule has 1 aliphatic heterocycles. The number of fused-ring (bicyclic) bond motifs is 4.